The van der Waals surface area contributed by atoms with Crippen LogP contribution in [-0.4, -0.2) is 32.6 Å². The number of rotatable bonds is 3. The van der Waals surface area contributed by atoms with Crippen molar-refractivity contribution in [3.8, 4) is 17.0 Å². The maximum atomic E-state index is 12.9. The minimum absolute atomic E-state index is 0.133. The van der Waals surface area contributed by atoms with Crippen molar-refractivity contribution in [3.05, 3.63) is 48.0 Å². The van der Waals surface area contributed by atoms with Crippen LogP contribution in [-0.2, 0) is 6.18 Å². The van der Waals surface area contributed by atoms with Gasteiger partial charge in [-0.25, -0.2) is 0 Å². The zero-order valence-electron chi connectivity index (χ0n) is 15.4. The highest BCUT2D eigenvalue weighted by Gasteiger charge is 2.31. The smallest absolute Gasteiger partial charge is 0.416 e. The molecule has 2 aromatic carbocycles. The normalized spacial score (nSPS) is 20.0. The minimum Gasteiger partial charge on any atom is -0.507 e. The number of hydrogen-bond acceptors (Lipinski definition) is 5. The Morgan fingerprint density at radius 2 is 1.69 bits per heavy atom. The summed E-state index contributed by atoms with van der Waals surface area (Å²) in [5, 5.41) is 33.5. The number of benzene rings is 2. The second-order valence-corrected chi connectivity index (χ2v) is 7.28. The summed E-state index contributed by atoms with van der Waals surface area (Å²) in [7, 11) is 0. The molecule has 2 atom stereocenters. The molecular formula is C21H20F3N3O2. The van der Waals surface area contributed by atoms with Gasteiger partial charge in [-0.1, -0.05) is 37.1 Å². The Labute approximate surface area is 165 Å². The Morgan fingerprint density at radius 3 is 2.38 bits per heavy atom. The van der Waals surface area contributed by atoms with Gasteiger partial charge in [0.2, 0.25) is 0 Å². The van der Waals surface area contributed by atoms with E-state index in [1.807, 2.05) is 12.1 Å². The molecule has 8 heteroatoms. The van der Waals surface area contributed by atoms with Gasteiger partial charge in [-0.05, 0) is 31.0 Å². The Balaban J connectivity index is 1.76. The zero-order chi connectivity index (χ0) is 20.6. The standard InChI is InChI=1S/C21H20F3N3O2/c22-21(23,24)12-9-10-15(18(29)11-12)19-13-5-1-2-6-14(13)20(27-26-19)25-16-7-3-4-8-17(16)28/h1-2,5-6,9-11,16-17,28-29H,3-4,7-8H2,(H,25,27)/t16-,17+/m1/s1. The first-order chi connectivity index (χ1) is 13.8. The van der Waals surface area contributed by atoms with E-state index in [1.54, 1.807) is 12.1 Å². The number of fused-ring (bicyclic) bond motifs is 1. The topological polar surface area (TPSA) is 78.3 Å². The lowest BCUT2D eigenvalue weighted by Crippen LogP contribution is -2.36. The number of nitrogens with one attached hydrogen (secondary N) is 1. The van der Waals surface area contributed by atoms with Gasteiger partial charge in [-0.2, -0.15) is 13.2 Å². The van der Waals surface area contributed by atoms with Gasteiger partial charge in [0.05, 0.1) is 17.7 Å². The molecule has 152 valence electrons. The number of aliphatic hydroxyl groups is 1. The first-order valence-electron chi connectivity index (χ1n) is 9.45. The summed E-state index contributed by atoms with van der Waals surface area (Å²) in [6.45, 7) is 0. The molecule has 0 radical (unpaired) electrons. The SMILES string of the molecule is Oc1cc(C(F)(F)F)ccc1-c1nnc(N[C@@H]2CCCC[C@@H]2O)c2ccccc12. The quantitative estimate of drug-likeness (QED) is 0.589. The van der Waals surface area contributed by atoms with Crippen molar-refractivity contribution in [2.24, 2.45) is 0 Å². The van der Waals surface area contributed by atoms with Gasteiger partial charge in [0.1, 0.15) is 11.4 Å². The number of anilines is 1. The van der Waals surface area contributed by atoms with Crippen molar-refractivity contribution in [1.29, 1.82) is 0 Å². The average Bonchev–Trinajstić information content (AvgIpc) is 2.69. The van der Waals surface area contributed by atoms with Crippen LogP contribution < -0.4 is 5.32 Å². The van der Waals surface area contributed by atoms with E-state index >= 15 is 0 Å². The lowest BCUT2D eigenvalue weighted by Gasteiger charge is -2.29. The summed E-state index contributed by atoms with van der Waals surface area (Å²) < 4.78 is 38.7. The fraction of sp³-hybridized carbons (Fsp3) is 0.333. The third-order valence-corrected chi connectivity index (χ3v) is 5.32. The number of nitrogens with zero attached hydrogens (tertiary/aromatic N) is 2. The van der Waals surface area contributed by atoms with Crippen molar-refractivity contribution < 1.29 is 23.4 Å². The summed E-state index contributed by atoms with van der Waals surface area (Å²) in [5.41, 5.74) is -0.465. The van der Waals surface area contributed by atoms with Crippen molar-refractivity contribution in [3.63, 3.8) is 0 Å². The van der Waals surface area contributed by atoms with Crippen LogP contribution in [0.2, 0.25) is 0 Å². The van der Waals surface area contributed by atoms with Crippen LogP contribution in [0.15, 0.2) is 42.5 Å². The molecule has 1 fully saturated rings. The van der Waals surface area contributed by atoms with Crippen LogP contribution in [0.25, 0.3) is 22.0 Å². The van der Waals surface area contributed by atoms with E-state index in [4.69, 9.17) is 0 Å². The van der Waals surface area contributed by atoms with E-state index in [-0.39, 0.29) is 11.6 Å². The minimum atomic E-state index is -4.54. The summed E-state index contributed by atoms with van der Waals surface area (Å²) in [6.07, 6.45) is -1.48. The fourth-order valence-corrected chi connectivity index (χ4v) is 3.77. The van der Waals surface area contributed by atoms with Gasteiger partial charge < -0.3 is 15.5 Å². The Kier molecular flexibility index (Phi) is 5.04. The predicted octanol–water partition coefficient (Wildman–Crippen LogP) is 4.74. The number of alkyl halides is 3. The molecular weight excluding hydrogens is 383 g/mol. The molecule has 4 rings (SSSR count). The van der Waals surface area contributed by atoms with E-state index in [9.17, 15) is 23.4 Å². The molecule has 0 saturated heterocycles. The van der Waals surface area contributed by atoms with Crippen LogP contribution in [0.5, 0.6) is 5.75 Å². The maximum Gasteiger partial charge on any atom is 0.416 e. The lowest BCUT2D eigenvalue weighted by atomic mass is 9.92. The van der Waals surface area contributed by atoms with Crippen LogP contribution in [0.3, 0.4) is 0 Å². The molecule has 1 aliphatic carbocycles. The summed E-state index contributed by atoms with van der Waals surface area (Å²) in [6, 6.07) is 9.88. The first-order valence-corrected chi connectivity index (χ1v) is 9.45. The molecule has 1 heterocycles. The maximum absolute atomic E-state index is 12.9. The molecule has 0 amide bonds. The molecule has 3 aromatic rings. The van der Waals surface area contributed by atoms with Gasteiger partial charge in [0, 0.05) is 16.3 Å². The first kappa shape index (κ1) is 19.4. The second-order valence-electron chi connectivity index (χ2n) is 7.28. The number of aromatic hydroxyl groups is 1. The van der Waals surface area contributed by atoms with E-state index < -0.39 is 23.6 Å². The summed E-state index contributed by atoms with van der Waals surface area (Å²) in [5.74, 6) is -0.00982. The van der Waals surface area contributed by atoms with Gasteiger partial charge in [0.15, 0.2) is 5.82 Å². The number of aliphatic hydroxyl groups excluding tert-OH is 1. The third-order valence-electron chi connectivity index (χ3n) is 5.32. The molecule has 0 aliphatic heterocycles. The molecule has 5 nitrogen and oxygen atoms in total. The van der Waals surface area contributed by atoms with Crippen molar-refractivity contribution in [2.75, 3.05) is 5.32 Å². The largest absolute Gasteiger partial charge is 0.507 e. The summed E-state index contributed by atoms with van der Waals surface area (Å²) >= 11 is 0. The van der Waals surface area contributed by atoms with Crippen LogP contribution in [0, 0.1) is 0 Å². The van der Waals surface area contributed by atoms with E-state index in [0.29, 0.717) is 23.0 Å². The summed E-state index contributed by atoms with van der Waals surface area (Å²) in [4.78, 5) is 0. The molecule has 3 N–H and O–H groups in total. The van der Waals surface area contributed by atoms with E-state index in [0.717, 1.165) is 37.1 Å². The van der Waals surface area contributed by atoms with Gasteiger partial charge in [-0.15, -0.1) is 10.2 Å². The second kappa shape index (κ2) is 7.51. The molecule has 0 spiro atoms. The Bertz CT molecular complexity index is 1040. The van der Waals surface area contributed by atoms with E-state index in [2.05, 4.69) is 15.5 Å². The molecule has 1 aliphatic rings. The van der Waals surface area contributed by atoms with Gasteiger partial charge in [-0.3, -0.25) is 0 Å². The molecule has 1 aromatic heterocycles. The van der Waals surface area contributed by atoms with Crippen LogP contribution in [0.1, 0.15) is 31.2 Å². The molecule has 0 unspecified atom stereocenters. The van der Waals surface area contributed by atoms with Gasteiger partial charge in [0.25, 0.3) is 0 Å². The predicted molar refractivity (Wildman–Crippen MR) is 104 cm³/mol. The van der Waals surface area contributed by atoms with Gasteiger partial charge >= 0.3 is 6.18 Å². The third kappa shape index (κ3) is 3.85. The number of phenols is 1. The highest BCUT2D eigenvalue weighted by atomic mass is 19.4. The van der Waals surface area contributed by atoms with Crippen molar-refractivity contribution in [1.82, 2.24) is 10.2 Å². The lowest BCUT2D eigenvalue weighted by molar-refractivity contribution is -0.137. The molecule has 1 saturated carbocycles. The van der Waals surface area contributed by atoms with Crippen LogP contribution >= 0.6 is 0 Å². The monoisotopic (exact) mass is 403 g/mol. The highest BCUT2D eigenvalue weighted by Crippen LogP contribution is 2.39. The number of hydrogen-bond donors (Lipinski definition) is 3. The fourth-order valence-electron chi connectivity index (χ4n) is 3.77. The number of aromatic nitrogens is 2. The Morgan fingerprint density at radius 1 is 0.966 bits per heavy atom. The van der Waals surface area contributed by atoms with E-state index in [1.165, 1.54) is 6.07 Å². The molecule has 29 heavy (non-hydrogen) atoms. The highest BCUT2D eigenvalue weighted by molar-refractivity contribution is 6.00. The molecule has 0 bridgehead atoms. The van der Waals surface area contributed by atoms with Crippen molar-refractivity contribution >= 4 is 16.6 Å². The number of halogens is 3. The Hall–Kier alpha value is -2.87. The van der Waals surface area contributed by atoms with Crippen LogP contribution in [0.4, 0.5) is 19.0 Å². The average molecular weight is 403 g/mol. The van der Waals surface area contributed by atoms with Crippen molar-refractivity contribution in [2.45, 2.75) is 44.0 Å². The number of phenolic OH excluding ortho intramolecular Hbond substituents is 1. The zero-order valence-corrected chi connectivity index (χ0v) is 15.4.